The monoisotopic (exact) mass is 399 g/mol. The van der Waals surface area contributed by atoms with E-state index in [4.69, 9.17) is 9.47 Å². The zero-order valence-corrected chi connectivity index (χ0v) is 17.8. The SMILES string of the molecule is COc1ccc(CN(C=C2CCCc3ccccc32)Cc2ccc(OC)cc2)cc1. The molecule has 0 unspecified atom stereocenters. The van der Waals surface area contributed by atoms with Gasteiger partial charge in [0.2, 0.25) is 0 Å². The highest BCUT2D eigenvalue weighted by Crippen LogP contribution is 2.31. The molecule has 0 radical (unpaired) electrons. The Bertz CT molecular complexity index is 941. The number of hydrogen-bond acceptors (Lipinski definition) is 3. The predicted octanol–water partition coefficient (Wildman–Crippen LogP) is 6.08. The summed E-state index contributed by atoms with van der Waals surface area (Å²) in [5.41, 5.74) is 6.83. The van der Waals surface area contributed by atoms with Crippen LogP contribution in [-0.4, -0.2) is 19.1 Å². The van der Waals surface area contributed by atoms with Crippen molar-refractivity contribution in [1.29, 1.82) is 0 Å². The number of hydrogen-bond donors (Lipinski definition) is 0. The molecule has 0 fully saturated rings. The lowest BCUT2D eigenvalue weighted by Crippen LogP contribution is -2.18. The summed E-state index contributed by atoms with van der Waals surface area (Å²) in [5, 5.41) is 0. The van der Waals surface area contributed by atoms with E-state index >= 15 is 0 Å². The molecular formula is C27H29NO2. The largest absolute Gasteiger partial charge is 0.497 e. The number of fused-ring (bicyclic) bond motifs is 1. The van der Waals surface area contributed by atoms with Crippen molar-refractivity contribution in [3.63, 3.8) is 0 Å². The van der Waals surface area contributed by atoms with Gasteiger partial charge in [-0.1, -0.05) is 48.5 Å². The normalized spacial score (nSPS) is 14.3. The van der Waals surface area contributed by atoms with Gasteiger partial charge in [-0.3, -0.25) is 0 Å². The maximum Gasteiger partial charge on any atom is 0.118 e. The van der Waals surface area contributed by atoms with E-state index in [0.29, 0.717) is 0 Å². The van der Waals surface area contributed by atoms with E-state index in [1.807, 2.05) is 24.3 Å². The van der Waals surface area contributed by atoms with Crippen LogP contribution >= 0.6 is 0 Å². The highest BCUT2D eigenvalue weighted by molar-refractivity contribution is 5.69. The third kappa shape index (κ3) is 4.85. The molecule has 1 aliphatic carbocycles. The van der Waals surface area contributed by atoms with E-state index in [0.717, 1.165) is 31.0 Å². The van der Waals surface area contributed by atoms with E-state index < -0.39 is 0 Å². The summed E-state index contributed by atoms with van der Waals surface area (Å²) < 4.78 is 10.6. The molecule has 3 heteroatoms. The predicted molar refractivity (Wildman–Crippen MR) is 123 cm³/mol. The van der Waals surface area contributed by atoms with Crippen LogP contribution in [0, 0.1) is 0 Å². The number of aryl methyl sites for hydroxylation is 1. The number of methoxy groups -OCH3 is 2. The van der Waals surface area contributed by atoms with E-state index in [1.165, 1.54) is 40.7 Å². The molecule has 3 aromatic rings. The summed E-state index contributed by atoms with van der Waals surface area (Å²) in [7, 11) is 3.41. The van der Waals surface area contributed by atoms with Gasteiger partial charge in [-0.05, 0) is 71.4 Å². The summed E-state index contributed by atoms with van der Waals surface area (Å²) in [6.45, 7) is 1.70. The van der Waals surface area contributed by atoms with Crippen LogP contribution in [-0.2, 0) is 19.5 Å². The molecule has 3 nitrogen and oxygen atoms in total. The fourth-order valence-corrected chi connectivity index (χ4v) is 4.09. The van der Waals surface area contributed by atoms with Crippen molar-refractivity contribution in [3.05, 3.63) is 101 Å². The highest BCUT2D eigenvalue weighted by Gasteiger charge is 2.15. The zero-order chi connectivity index (χ0) is 20.8. The third-order valence-corrected chi connectivity index (χ3v) is 5.68. The van der Waals surface area contributed by atoms with Crippen LogP contribution in [0.1, 0.15) is 35.1 Å². The van der Waals surface area contributed by atoms with E-state index in [9.17, 15) is 0 Å². The van der Waals surface area contributed by atoms with Gasteiger partial charge < -0.3 is 14.4 Å². The topological polar surface area (TPSA) is 21.7 Å². The van der Waals surface area contributed by atoms with Gasteiger partial charge in [0.25, 0.3) is 0 Å². The summed E-state index contributed by atoms with van der Waals surface area (Å²) in [6, 6.07) is 25.5. The molecule has 0 saturated carbocycles. The molecule has 0 atom stereocenters. The summed E-state index contributed by atoms with van der Waals surface area (Å²) >= 11 is 0. The van der Waals surface area contributed by atoms with Crippen LogP contribution in [0.15, 0.2) is 79.0 Å². The first-order valence-electron chi connectivity index (χ1n) is 10.5. The molecule has 3 aromatic carbocycles. The van der Waals surface area contributed by atoms with E-state index in [-0.39, 0.29) is 0 Å². The Hall–Kier alpha value is -3.20. The standard InChI is InChI=1S/C27H29NO2/c1-29-25-14-10-21(11-15-25)18-28(19-22-12-16-26(30-2)17-13-22)20-24-8-5-7-23-6-3-4-9-27(23)24/h3-4,6,9-17,20H,5,7-8,18-19H2,1-2H3. The van der Waals surface area contributed by atoms with Gasteiger partial charge in [0.1, 0.15) is 11.5 Å². The van der Waals surface area contributed by atoms with Gasteiger partial charge in [-0.15, -0.1) is 0 Å². The molecule has 0 saturated heterocycles. The molecular weight excluding hydrogens is 370 g/mol. The highest BCUT2D eigenvalue weighted by atomic mass is 16.5. The Morgan fingerprint density at radius 3 is 1.87 bits per heavy atom. The van der Waals surface area contributed by atoms with Crippen LogP contribution in [0.2, 0.25) is 0 Å². The minimum absolute atomic E-state index is 0.849. The Labute approximate surface area is 179 Å². The molecule has 0 spiro atoms. The lowest BCUT2D eigenvalue weighted by atomic mass is 9.88. The maximum absolute atomic E-state index is 5.31. The number of allylic oxidation sites excluding steroid dienone is 1. The number of rotatable bonds is 7. The average molecular weight is 400 g/mol. The van der Waals surface area contributed by atoms with Gasteiger partial charge in [-0.2, -0.15) is 0 Å². The molecule has 0 N–H and O–H groups in total. The summed E-state index contributed by atoms with van der Waals surface area (Å²) in [4.78, 5) is 2.42. The Balaban J connectivity index is 1.62. The van der Waals surface area contributed by atoms with Gasteiger partial charge >= 0.3 is 0 Å². The van der Waals surface area contributed by atoms with Crippen LogP contribution in [0.3, 0.4) is 0 Å². The van der Waals surface area contributed by atoms with Crippen LogP contribution in [0.5, 0.6) is 11.5 Å². The average Bonchev–Trinajstić information content (AvgIpc) is 2.80. The first-order chi connectivity index (χ1) is 14.7. The van der Waals surface area contributed by atoms with Crippen molar-refractivity contribution in [2.45, 2.75) is 32.4 Å². The second kappa shape index (κ2) is 9.53. The molecule has 1 aliphatic rings. The maximum atomic E-state index is 5.31. The van der Waals surface area contributed by atoms with Crippen LogP contribution in [0.25, 0.3) is 5.57 Å². The summed E-state index contributed by atoms with van der Waals surface area (Å²) in [5.74, 6) is 1.78. The second-order valence-corrected chi connectivity index (χ2v) is 7.77. The minimum atomic E-state index is 0.849. The quantitative estimate of drug-likeness (QED) is 0.480. The lowest BCUT2D eigenvalue weighted by molar-refractivity contribution is 0.361. The fourth-order valence-electron chi connectivity index (χ4n) is 4.09. The molecule has 4 rings (SSSR count). The fraction of sp³-hybridized carbons (Fsp3) is 0.259. The first-order valence-corrected chi connectivity index (χ1v) is 10.5. The number of benzene rings is 3. The van der Waals surface area contributed by atoms with E-state index in [1.54, 1.807) is 14.2 Å². The van der Waals surface area contributed by atoms with Crippen molar-refractivity contribution in [2.75, 3.05) is 14.2 Å². The molecule has 0 aliphatic heterocycles. The lowest BCUT2D eigenvalue weighted by Gasteiger charge is -2.26. The smallest absolute Gasteiger partial charge is 0.118 e. The Kier molecular flexibility index (Phi) is 6.38. The van der Waals surface area contributed by atoms with Gasteiger partial charge in [0.15, 0.2) is 0 Å². The molecule has 0 heterocycles. The van der Waals surface area contributed by atoms with Crippen molar-refractivity contribution < 1.29 is 9.47 Å². The number of nitrogens with zero attached hydrogens (tertiary/aromatic N) is 1. The molecule has 154 valence electrons. The van der Waals surface area contributed by atoms with E-state index in [2.05, 4.69) is 59.6 Å². The first kappa shape index (κ1) is 20.1. The van der Waals surface area contributed by atoms with Gasteiger partial charge in [0.05, 0.1) is 14.2 Å². The van der Waals surface area contributed by atoms with Crippen LogP contribution in [0.4, 0.5) is 0 Å². The molecule has 0 amide bonds. The van der Waals surface area contributed by atoms with Gasteiger partial charge in [0, 0.05) is 19.3 Å². The van der Waals surface area contributed by atoms with Crippen molar-refractivity contribution in [2.24, 2.45) is 0 Å². The Morgan fingerprint density at radius 2 is 1.30 bits per heavy atom. The second-order valence-electron chi connectivity index (χ2n) is 7.77. The van der Waals surface area contributed by atoms with Crippen LogP contribution < -0.4 is 9.47 Å². The Morgan fingerprint density at radius 1 is 0.733 bits per heavy atom. The van der Waals surface area contributed by atoms with Gasteiger partial charge in [-0.25, -0.2) is 0 Å². The number of ether oxygens (including phenoxy) is 2. The zero-order valence-electron chi connectivity index (χ0n) is 17.8. The minimum Gasteiger partial charge on any atom is -0.497 e. The van der Waals surface area contributed by atoms with Crippen molar-refractivity contribution in [3.8, 4) is 11.5 Å². The summed E-state index contributed by atoms with van der Waals surface area (Å²) in [6.07, 6.45) is 5.87. The molecule has 0 aromatic heterocycles. The third-order valence-electron chi connectivity index (χ3n) is 5.68. The molecule has 0 bridgehead atoms. The van der Waals surface area contributed by atoms with Crippen molar-refractivity contribution in [1.82, 2.24) is 4.90 Å². The van der Waals surface area contributed by atoms with Crippen molar-refractivity contribution >= 4 is 5.57 Å². The molecule has 30 heavy (non-hydrogen) atoms.